The zero-order chi connectivity index (χ0) is 21.8. The summed E-state index contributed by atoms with van der Waals surface area (Å²) in [6, 6.07) is 17.0. The average Bonchev–Trinajstić information content (AvgIpc) is 3.52. The molecule has 1 amide bonds. The van der Waals surface area contributed by atoms with Gasteiger partial charge in [0, 0.05) is 49.0 Å². The molecule has 4 nitrogen and oxygen atoms in total. The molecule has 32 heavy (non-hydrogen) atoms. The molecule has 0 saturated carbocycles. The highest BCUT2D eigenvalue weighted by Crippen LogP contribution is 2.39. The predicted molar refractivity (Wildman–Crippen MR) is 134 cm³/mol. The minimum atomic E-state index is 0.0851. The average molecular weight is 464 g/mol. The van der Waals surface area contributed by atoms with E-state index < -0.39 is 0 Å². The maximum atomic E-state index is 13.4. The fourth-order valence-electron chi connectivity index (χ4n) is 4.65. The molecule has 1 atom stereocenters. The number of hydrogen-bond donors (Lipinski definition) is 0. The van der Waals surface area contributed by atoms with Gasteiger partial charge >= 0.3 is 0 Å². The summed E-state index contributed by atoms with van der Waals surface area (Å²) < 4.78 is 0. The maximum Gasteiger partial charge on any atom is 0.237 e. The van der Waals surface area contributed by atoms with E-state index in [0.29, 0.717) is 6.54 Å². The lowest BCUT2D eigenvalue weighted by Gasteiger charge is -2.38. The third kappa shape index (κ3) is 4.89. The first-order valence-corrected chi connectivity index (χ1v) is 13.1. The number of carbonyl (C=O) groups excluding carboxylic acids is 1. The quantitative estimate of drug-likeness (QED) is 0.534. The molecule has 1 saturated heterocycles. The van der Waals surface area contributed by atoms with E-state index in [1.165, 1.54) is 20.9 Å². The highest BCUT2D eigenvalue weighted by Gasteiger charge is 2.34. The summed E-state index contributed by atoms with van der Waals surface area (Å²) in [5.41, 5.74) is 2.57. The Kier molecular flexibility index (Phi) is 6.83. The Labute approximate surface area is 198 Å². The molecule has 0 N–H and O–H groups in total. The second-order valence-electron chi connectivity index (χ2n) is 8.44. The van der Waals surface area contributed by atoms with Crippen molar-refractivity contribution < 1.29 is 4.79 Å². The zero-order valence-corrected chi connectivity index (χ0v) is 19.9. The van der Waals surface area contributed by atoms with Gasteiger partial charge in [-0.05, 0) is 40.4 Å². The molecule has 166 valence electrons. The van der Waals surface area contributed by atoms with E-state index in [0.717, 1.165) is 45.7 Å². The predicted octanol–water partition coefficient (Wildman–Crippen LogP) is 4.61. The van der Waals surface area contributed by atoms with Gasteiger partial charge < -0.3 is 4.90 Å². The number of carbonyl (C=O) groups is 1. The minimum Gasteiger partial charge on any atom is -0.329 e. The van der Waals surface area contributed by atoms with Crippen molar-refractivity contribution in [3.05, 3.63) is 86.2 Å². The molecule has 2 aliphatic rings. The number of nitrogens with zero attached hydrogens (tertiary/aromatic N) is 3. The lowest BCUT2D eigenvalue weighted by atomic mass is 9.98. The van der Waals surface area contributed by atoms with Crippen molar-refractivity contribution in [2.24, 2.45) is 0 Å². The maximum absolute atomic E-state index is 13.4. The van der Waals surface area contributed by atoms with Crippen LogP contribution in [0.4, 0.5) is 0 Å². The summed E-state index contributed by atoms with van der Waals surface area (Å²) in [5.74, 6) is 0.262. The molecule has 5 rings (SSSR count). The van der Waals surface area contributed by atoms with E-state index in [1.54, 1.807) is 11.3 Å². The van der Waals surface area contributed by atoms with Gasteiger partial charge in [-0.3, -0.25) is 14.6 Å². The van der Waals surface area contributed by atoms with Gasteiger partial charge in [-0.1, -0.05) is 48.6 Å². The molecule has 1 aromatic carbocycles. The number of fused-ring (bicyclic) bond motifs is 1. The Bertz CT molecular complexity index is 1040. The topological polar surface area (TPSA) is 26.8 Å². The molecule has 1 fully saturated rings. The van der Waals surface area contributed by atoms with Crippen molar-refractivity contribution in [2.75, 3.05) is 45.8 Å². The molecular weight excluding hydrogens is 434 g/mol. The lowest BCUT2D eigenvalue weighted by molar-refractivity contribution is -0.134. The number of hydrogen-bond acceptors (Lipinski definition) is 5. The third-order valence-electron chi connectivity index (χ3n) is 6.40. The molecule has 2 aromatic heterocycles. The van der Waals surface area contributed by atoms with Gasteiger partial charge in [-0.15, -0.1) is 22.7 Å². The third-order valence-corrected chi connectivity index (χ3v) is 8.32. The molecule has 1 unspecified atom stereocenters. The van der Waals surface area contributed by atoms with E-state index in [1.807, 2.05) is 17.4 Å². The van der Waals surface area contributed by atoms with Gasteiger partial charge in [0.1, 0.15) is 0 Å². The van der Waals surface area contributed by atoms with Gasteiger partial charge in [-0.25, -0.2) is 0 Å². The van der Waals surface area contributed by atoms with Gasteiger partial charge in [0.2, 0.25) is 5.91 Å². The SMILES string of the molecule is O=C(CN1CCN(C/C=C/c2ccccc2)CC1)N1CCc2sccc2C1c1cccs1. The Hall–Kier alpha value is -2.25. The first kappa shape index (κ1) is 21.6. The van der Waals surface area contributed by atoms with Crippen LogP contribution in [0.25, 0.3) is 6.08 Å². The van der Waals surface area contributed by atoms with Crippen molar-refractivity contribution in [3.63, 3.8) is 0 Å². The number of piperazine rings is 1. The Morgan fingerprint density at radius 3 is 2.50 bits per heavy atom. The van der Waals surface area contributed by atoms with Crippen LogP contribution >= 0.6 is 22.7 Å². The van der Waals surface area contributed by atoms with Crippen molar-refractivity contribution in [1.82, 2.24) is 14.7 Å². The highest BCUT2D eigenvalue weighted by molar-refractivity contribution is 7.10. The Morgan fingerprint density at radius 1 is 0.906 bits per heavy atom. The summed E-state index contributed by atoms with van der Waals surface area (Å²) in [4.78, 5) is 23.0. The molecule has 3 aromatic rings. The standard InChI is InChI=1S/C26H29N3OS2/c30-25(29-13-10-23-22(11-19-32-23)26(29)24-9-5-18-31-24)20-28-16-14-27(15-17-28)12-4-8-21-6-2-1-3-7-21/h1-9,11,18-19,26H,10,12-17,20H2/b8-4+. The number of thiophene rings is 2. The summed E-state index contributed by atoms with van der Waals surface area (Å²) >= 11 is 3.58. The molecular formula is C26H29N3OS2. The number of benzene rings is 1. The Balaban J connectivity index is 1.16. The van der Waals surface area contributed by atoms with E-state index >= 15 is 0 Å². The van der Waals surface area contributed by atoms with Crippen LogP contribution in [0.5, 0.6) is 0 Å². The first-order chi connectivity index (χ1) is 15.8. The lowest BCUT2D eigenvalue weighted by Crippen LogP contribution is -2.51. The van der Waals surface area contributed by atoms with Crippen LogP contribution in [0.15, 0.2) is 65.4 Å². The first-order valence-electron chi connectivity index (χ1n) is 11.3. The van der Waals surface area contributed by atoms with Crippen LogP contribution in [0.3, 0.4) is 0 Å². The second-order valence-corrected chi connectivity index (χ2v) is 10.4. The van der Waals surface area contributed by atoms with Gasteiger partial charge in [0.05, 0.1) is 12.6 Å². The smallest absolute Gasteiger partial charge is 0.237 e. The van der Waals surface area contributed by atoms with Crippen LogP contribution in [0, 0.1) is 0 Å². The molecule has 2 aliphatic heterocycles. The van der Waals surface area contributed by atoms with Crippen LogP contribution < -0.4 is 0 Å². The van der Waals surface area contributed by atoms with Crippen LogP contribution in [-0.2, 0) is 11.2 Å². The van der Waals surface area contributed by atoms with Crippen molar-refractivity contribution in [1.29, 1.82) is 0 Å². The normalized spacial score (nSPS) is 20.0. The molecule has 0 bridgehead atoms. The summed E-state index contributed by atoms with van der Waals surface area (Å²) in [7, 11) is 0. The number of rotatable bonds is 6. The zero-order valence-electron chi connectivity index (χ0n) is 18.2. The number of amides is 1. The second kappa shape index (κ2) is 10.1. The van der Waals surface area contributed by atoms with Crippen LogP contribution in [0.1, 0.15) is 26.9 Å². The minimum absolute atomic E-state index is 0.0851. The van der Waals surface area contributed by atoms with E-state index in [2.05, 4.69) is 80.1 Å². The molecule has 0 aliphatic carbocycles. The van der Waals surface area contributed by atoms with Crippen molar-refractivity contribution in [3.8, 4) is 0 Å². The van der Waals surface area contributed by atoms with E-state index in [-0.39, 0.29) is 11.9 Å². The van der Waals surface area contributed by atoms with E-state index in [4.69, 9.17) is 0 Å². The molecule has 4 heterocycles. The van der Waals surface area contributed by atoms with Gasteiger partial charge in [-0.2, -0.15) is 0 Å². The Morgan fingerprint density at radius 2 is 1.72 bits per heavy atom. The van der Waals surface area contributed by atoms with Gasteiger partial charge in [0.25, 0.3) is 0 Å². The van der Waals surface area contributed by atoms with Gasteiger partial charge in [0.15, 0.2) is 0 Å². The molecule has 0 spiro atoms. The summed E-state index contributed by atoms with van der Waals surface area (Å²) in [6.07, 6.45) is 5.41. The largest absolute Gasteiger partial charge is 0.329 e. The fraction of sp³-hybridized carbons (Fsp3) is 0.346. The monoisotopic (exact) mass is 463 g/mol. The summed E-state index contributed by atoms with van der Waals surface area (Å²) in [6.45, 7) is 6.22. The highest BCUT2D eigenvalue weighted by atomic mass is 32.1. The molecule has 6 heteroatoms. The molecule has 0 radical (unpaired) electrons. The fourth-order valence-corrected chi connectivity index (χ4v) is 6.41. The van der Waals surface area contributed by atoms with Crippen molar-refractivity contribution in [2.45, 2.75) is 12.5 Å². The van der Waals surface area contributed by atoms with E-state index in [9.17, 15) is 4.79 Å². The van der Waals surface area contributed by atoms with Crippen LogP contribution in [0.2, 0.25) is 0 Å². The van der Waals surface area contributed by atoms with Crippen LogP contribution in [-0.4, -0.2) is 66.4 Å². The summed E-state index contributed by atoms with van der Waals surface area (Å²) in [5, 5.41) is 4.29. The van der Waals surface area contributed by atoms with Crippen molar-refractivity contribution >= 4 is 34.7 Å².